The highest BCUT2D eigenvalue weighted by atomic mass is 35.5. The first-order valence-corrected chi connectivity index (χ1v) is 10.8. The first-order chi connectivity index (χ1) is 15.8. The molecule has 174 valence electrons. The molecule has 8 heteroatoms. The van der Waals surface area contributed by atoms with Crippen LogP contribution in [-0.2, 0) is 17.8 Å². The highest BCUT2D eigenvalue weighted by Gasteiger charge is 2.43. The van der Waals surface area contributed by atoms with Gasteiger partial charge in [-0.25, -0.2) is 4.39 Å². The molecule has 3 aromatic rings. The Labute approximate surface area is 195 Å². The van der Waals surface area contributed by atoms with Crippen LogP contribution in [0.1, 0.15) is 28.4 Å². The van der Waals surface area contributed by atoms with Crippen molar-refractivity contribution in [3.8, 4) is 5.75 Å². The van der Waals surface area contributed by atoms with Crippen LogP contribution in [0.5, 0.6) is 5.75 Å². The van der Waals surface area contributed by atoms with Gasteiger partial charge in [0, 0.05) is 5.02 Å². The second kappa shape index (κ2) is 10.2. The minimum absolute atomic E-state index is 0.141. The van der Waals surface area contributed by atoms with Crippen LogP contribution in [0.15, 0.2) is 66.7 Å². The summed E-state index contributed by atoms with van der Waals surface area (Å²) in [5.74, 6) is -0.357. The zero-order valence-electron chi connectivity index (χ0n) is 17.5. The number of hydrogen-bond acceptors (Lipinski definition) is 6. The Balaban J connectivity index is 1.49. The Hall–Kier alpha value is -2.52. The van der Waals surface area contributed by atoms with Gasteiger partial charge in [0.15, 0.2) is 17.9 Å². The predicted molar refractivity (Wildman–Crippen MR) is 119 cm³/mol. The van der Waals surface area contributed by atoms with Crippen molar-refractivity contribution in [2.24, 2.45) is 0 Å². The van der Waals surface area contributed by atoms with Crippen LogP contribution < -0.4 is 4.74 Å². The number of benzene rings is 3. The summed E-state index contributed by atoms with van der Waals surface area (Å²) in [5, 5.41) is 40.2. The van der Waals surface area contributed by atoms with Crippen LogP contribution in [0, 0.1) is 5.82 Å². The lowest BCUT2D eigenvalue weighted by atomic mass is 9.92. The van der Waals surface area contributed by atoms with E-state index in [1.54, 1.807) is 30.3 Å². The highest BCUT2D eigenvalue weighted by Crippen LogP contribution is 2.34. The summed E-state index contributed by atoms with van der Waals surface area (Å²) in [4.78, 5) is 0. The van der Waals surface area contributed by atoms with Crippen molar-refractivity contribution in [2.75, 3.05) is 0 Å². The normalized spacial score (nSPS) is 25.1. The maximum atomic E-state index is 14.6. The van der Waals surface area contributed by atoms with Gasteiger partial charge in [-0.2, -0.15) is 0 Å². The van der Waals surface area contributed by atoms with Crippen molar-refractivity contribution in [3.05, 3.63) is 99.8 Å². The third-order valence-electron chi connectivity index (χ3n) is 5.61. The van der Waals surface area contributed by atoms with Gasteiger partial charge in [0.2, 0.25) is 0 Å². The molecule has 6 nitrogen and oxygen atoms in total. The number of aliphatic hydroxyl groups is 4. The number of hydrogen-bond donors (Lipinski definition) is 4. The fraction of sp³-hybridized carbons (Fsp3) is 0.280. The van der Waals surface area contributed by atoms with Crippen LogP contribution in [0.25, 0.3) is 0 Å². The van der Waals surface area contributed by atoms with E-state index >= 15 is 0 Å². The molecule has 1 heterocycles. The summed E-state index contributed by atoms with van der Waals surface area (Å²) in [6.45, 7) is 0.251. The lowest BCUT2D eigenvalue weighted by molar-refractivity contribution is -0.284. The number of ether oxygens (including phenoxy) is 2. The Morgan fingerprint density at radius 1 is 0.848 bits per heavy atom. The second-order valence-electron chi connectivity index (χ2n) is 7.99. The first kappa shape index (κ1) is 23.6. The molecule has 1 saturated heterocycles. The van der Waals surface area contributed by atoms with Crippen molar-refractivity contribution in [2.45, 2.75) is 43.7 Å². The van der Waals surface area contributed by atoms with E-state index in [4.69, 9.17) is 21.1 Å². The molecule has 0 spiro atoms. The molecule has 5 atom stereocenters. The van der Waals surface area contributed by atoms with Gasteiger partial charge < -0.3 is 29.9 Å². The van der Waals surface area contributed by atoms with Gasteiger partial charge in [-0.1, -0.05) is 60.1 Å². The van der Waals surface area contributed by atoms with Gasteiger partial charge >= 0.3 is 0 Å². The van der Waals surface area contributed by atoms with Crippen LogP contribution in [0.3, 0.4) is 0 Å². The third kappa shape index (κ3) is 5.35. The zero-order valence-corrected chi connectivity index (χ0v) is 18.3. The molecule has 0 saturated carbocycles. The third-order valence-corrected chi connectivity index (χ3v) is 5.98. The standard InChI is InChI=1S/C25H24ClFO6/c26-18-8-7-16(24-22(29)21(28)23(30)25(31)33-24)12-17(18)10-15-6-9-20(19(27)11-15)32-13-14-4-2-1-3-5-14/h1-9,11-12,21-25,28-31H,10,13H2/t21-,22-,23+,24+,25?/m1/s1. The molecule has 1 fully saturated rings. The van der Waals surface area contributed by atoms with E-state index in [0.717, 1.165) is 5.56 Å². The molecule has 1 aliphatic heterocycles. The van der Waals surface area contributed by atoms with E-state index in [-0.39, 0.29) is 12.4 Å². The molecular weight excluding hydrogens is 451 g/mol. The van der Waals surface area contributed by atoms with Gasteiger partial charge in [0.25, 0.3) is 0 Å². The minimum Gasteiger partial charge on any atom is -0.486 e. The molecule has 0 aromatic heterocycles. The van der Waals surface area contributed by atoms with E-state index in [0.29, 0.717) is 28.1 Å². The molecule has 33 heavy (non-hydrogen) atoms. The van der Waals surface area contributed by atoms with Crippen LogP contribution in [-0.4, -0.2) is 45.0 Å². The second-order valence-corrected chi connectivity index (χ2v) is 8.39. The molecule has 4 N–H and O–H groups in total. The molecule has 0 amide bonds. The summed E-state index contributed by atoms with van der Waals surface area (Å²) in [6.07, 6.45) is -7.07. The van der Waals surface area contributed by atoms with E-state index in [1.165, 1.54) is 6.07 Å². The number of rotatable bonds is 6. The van der Waals surface area contributed by atoms with Crippen LogP contribution in [0.4, 0.5) is 4.39 Å². The summed E-state index contributed by atoms with van der Waals surface area (Å²) in [6, 6.07) is 19.0. The Kier molecular flexibility index (Phi) is 7.29. The molecule has 3 aromatic carbocycles. The van der Waals surface area contributed by atoms with Gasteiger partial charge in [-0.3, -0.25) is 0 Å². The quantitative estimate of drug-likeness (QED) is 0.438. The highest BCUT2D eigenvalue weighted by molar-refractivity contribution is 6.31. The minimum atomic E-state index is -1.65. The van der Waals surface area contributed by atoms with E-state index in [9.17, 15) is 24.8 Å². The fourth-order valence-electron chi connectivity index (χ4n) is 3.77. The van der Waals surface area contributed by atoms with Crippen molar-refractivity contribution in [3.63, 3.8) is 0 Å². The Bertz CT molecular complexity index is 1100. The molecule has 0 radical (unpaired) electrons. The topological polar surface area (TPSA) is 99.4 Å². The average molecular weight is 475 g/mol. The smallest absolute Gasteiger partial charge is 0.184 e. The van der Waals surface area contributed by atoms with Crippen molar-refractivity contribution >= 4 is 11.6 Å². The summed E-state index contributed by atoms with van der Waals surface area (Å²) < 4.78 is 25.5. The van der Waals surface area contributed by atoms with Crippen molar-refractivity contribution < 1.29 is 34.3 Å². The van der Waals surface area contributed by atoms with Gasteiger partial charge in [0.05, 0.1) is 0 Å². The average Bonchev–Trinajstić information content (AvgIpc) is 2.82. The zero-order chi connectivity index (χ0) is 23.5. The van der Waals surface area contributed by atoms with Crippen molar-refractivity contribution in [1.29, 1.82) is 0 Å². The van der Waals surface area contributed by atoms with E-state index in [1.807, 2.05) is 30.3 Å². The summed E-state index contributed by atoms with van der Waals surface area (Å²) in [5.41, 5.74) is 2.67. The lowest BCUT2D eigenvalue weighted by Crippen LogP contribution is -2.54. The molecule has 1 aliphatic rings. The Morgan fingerprint density at radius 3 is 2.33 bits per heavy atom. The number of aliphatic hydroxyl groups excluding tert-OH is 4. The van der Waals surface area contributed by atoms with Gasteiger partial charge in [-0.05, 0) is 46.9 Å². The lowest BCUT2D eigenvalue weighted by Gasteiger charge is -2.38. The first-order valence-electron chi connectivity index (χ1n) is 10.4. The van der Waals surface area contributed by atoms with Gasteiger partial charge in [-0.15, -0.1) is 0 Å². The van der Waals surface area contributed by atoms with Gasteiger partial charge in [0.1, 0.15) is 31.0 Å². The molecule has 1 unspecified atom stereocenters. The monoisotopic (exact) mass is 474 g/mol. The molecule has 0 bridgehead atoms. The number of halogens is 2. The predicted octanol–water partition coefficient (Wildman–Crippen LogP) is 3.12. The summed E-state index contributed by atoms with van der Waals surface area (Å²) in [7, 11) is 0. The van der Waals surface area contributed by atoms with Crippen molar-refractivity contribution in [1.82, 2.24) is 0 Å². The largest absolute Gasteiger partial charge is 0.486 e. The molecule has 4 rings (SSSR count). The maximum absolute atomic E-state index is 14.6. The van der Waals surface area contributed by atoms with E-state index in [2.05, 4.69) is 0 Å². The maximum Gasteiger partial charge on any atom is 0.184 e. The fourth-order valence-corrected chi connectivity index (χ4v) is 3.95. The Morgan fingerprint density at radius 2 is 1.61 bits per heavy atom. The summed E-state index contributed by atoms with van der Waals surface area (Å²) >= 11 is 6.33. The van der Waals surface area contributed by atoms with Crippen LogP contribution >= 0.6 is 11.6 Å². The molecule has 0 aliphatic carbocycles. The van der Waals surface area contributed by atoms with Crippen LogP contribution in [0.2, 0.25) is 5.02 Å². The molecular formula is C25H24ClFO6. The SMILES string of the molecule is OC1O[C@@H](c2ccc(Cl)c(Cc3ccc(OCc4ccccc4)c(F)c3)c2)[C@H](O)[C@@H](O)[C@@H]1O. The van der Waals surface area contributed by atoms with E-state index < -0.39 is 36.5 Å².